The fourth-order valence-electron chi connectivity index (χ4n) is 3.75. The van der Waals surface area contributed by atoms with Gasteiger partial charge in [0.15, 0.2) is 0 Å². The number of carbonyl (C=O) groups excluding carboxylic acids is 1. The molecule has 0 bridgehead atoms. The van der Waals surface area contributed by atoms with Gasteiger partial charge in [0.05, 0.1) is 11.2 Å². The van der Waals surface area contributed by atoms with Crippen molar-refractivity contribution in [3.8, 4) is 0 Å². The third-order valence-corrected chi connectivity index (χ3v) is 7.34. The quantitative estimate of drug-likeness (QED) is 0.635. The Balaban J connectivity index is 1.43. The molecule has 7 nitrogen and oxygen atoms in total. The zero-order chi connectivity index (χ0) is 21.7. The van der Waals surface area contributed by atoms with Crippen LogP contribution in [-0.4, -0.2) is 41.3 Å². The first-order valence-electron chi connectivity index (χ1n) is 10.5. The van der Waals surface area contributed by atoms with Gasteiger partial charge < -0.3 is 9.88 Å². The van der Waals surface area contributed by atoms with E-state index in [1.807, 2.05) is 29.0 Å². The van der Waals surface area contributed by atoms with Gasteiger partial charge in [-0.05, 0) is 54.8 Å². The van der Waals surface area contributed by atoms with Gasteiger partial charge in [0.25, 0.3) is 5.91 Å². The van der Waals surface area contributed by atoms with Gasteiger partial charge >= 0.3 is 0 Å². The van der Waals surface area contributed by atoms with E-state index in [1.165, 1.54) is 0 Å². The van der Waals surface area contributed by atoms with E-state index in [-0.39, 0.29) is 10.8 Å². The van der Waals surface area contributed by atoms with Gasteiger partial charge in [-0.1, -0.05) is 25.0 Å². The molecule has 31 heavy (non-hydrogen) atoms. The van der Waals surface area contributed by atoms with Crippen molar-refractivity contribution in [1.29, 1.82) is 0 Å². The van der Waals surface area contributed by atoms with Crippen molar-refractivity contribution >= 4 is 21.6 Å². The Morgan fingerprint density at radius 2 is 1.74 bits per heavy atom. The second-order valence-corrected chi connectivity index (χ2v) is 9.67. The standard InChI is InChI=1S/C23H26N4O3S/c28-23(20-7-5-6-19(16-20)17-26-15-12-24-18-26)25-21-8-10-22(11-9-21)31(29,30)27-13-3-1-2-4-14-27/h5-12,15-16,18H,1-4,13-14,17H2,(H,25,28). The number of benzene rings is 2. The van der Waals surface area contributed by atoms with Gasteiger partial charge in [0.2, 0.25) is 10.0 Å². The number of aromatic nitrogens is 2. The Morgan fingerprint density at radius 1 is 1.00 bits per heavy atom. The minimum absolute atomic E-state index is 0.240. The third kappa shape index (κ3) is 5.21. The average Bonchev–Trinajstić information content (AvgIpc) is 3.12. The fraction of sp³-hybridized carbons (Fsp3) is 0.304. The summed E-state index contributed by atoms with van der Waals surface area (Å²) >= 11 is 0. The van der Waals surface area contributed by atoms with Gasteiger partial charge in [0, 0.05) is 43.3 Å². The summed E-state index contributed by atoms with van der Waals surface area (Å²) < 4.78 is 29.3. The number of nitrogens with one attached hydrogen (secondary N) is 1. The van der Waals surface area contributed by atoms with Gasteiger partial charge in [-0.3, -0.25) is 4.79 Å². The second-order valence-electron chi connectivity index (χ2n) is 7.73. The molecular weight excluding hydrogens is 412 g/mol. The van der Waals surface area contributed by atoms with Crippen molar-refractivity contribution in [2.45, 2.75) is 37.1 Å². The number of nitrogens with zero attached hydrogens (tertiary/aromatic N) is 3. The van der Waals surface area contributed by atoms with E-state index in [2.05, 4.69) is 10.3 Å². The Labute approximate surface area is 182 Å². The highest BCUT2D eigenvalue weighted by molar-refractivity contribution is 7.89. The van der Waals surface area contributed by atoms with Crippen LogP contribution in [0.2, 0.25) is 0 Å². The summed E-state index contributed by atoms with van der Waals surface area (Å²) in [6, 6.07) is 13.8. The number of amides is 1. The number of carbonyl (C=O) groups is 1. The Hall–Kier alpha value is -2.97. The molecule has 0 spiro atoms. The number of hydrogen-bond donors (Lipinski definition) is 1. The highest BCUT2D eigenvalue weighted by Crippen LogP contribution is 2.22. The van der Waals surface area contributed by atoms with E-state index in [1.54, 1.807) is 47.2 Å². The Kier molecular flexibility index (Phi) is 6.48. The van der Waals surface area contributed by atoms with Crippen LogP contribution in [0, 0.1) is 0 Å². The first kappa shape index (κ1) is 21.3. The van der Waals surface area contributed by atoms with E-state index < -0.39 is 10.0 Å². The molecule has 2 heterocycles. The molecule has 8 heteroatoms. The monoisotopic (exact) mass is 438 g/mol. The van der Waals surface area contributed by atoms with Crippen LogP contribution in [0.3, 0.4) is 0 Å². The van der Waals surface area contributed by atoms with Crippen LogP contribution in [0.15, 0.2) is 72.1 Å². The van der Waals surface area contributed by atoms with Gasteiger partial charge in [-0.15, -0.1) is 0 Å². The van der Waals surface area contributed by atoms with Crippen molar-refractivity contribution in [3.05, 3.63) is 78.4 Å². The molecule has 2 aromatic carbocycles. The number of sulfonamides is 1. The molecule has 1 aliphatic rings. The van der Waals surface area contributed by atoms with E-state index in [9.17, 15) is 13.2 Å². The molecule has 1 N–H and O–H groups in total. The molecule has 0 saturated carbocycles. The zero-order valence-corrected chi connectivity index (χ0v) is 18.1. The summed E-state index contributed by atoms with van der Waals surface area (Å²) in [6.45, 7) is 1.76. The molecule has 1 aromatic heterocycles. The lowest BCUT2D eigenvalue weighted by Gasteiger charge is -2.20. The summed E-state index contributed by atoms with van der Waals surface area (Å²) in [6.07, 6.45) is 9.25. The van der Waals surface area contributed by atoms with E-state index in [0.717, 1.165) is 31.2 Å². The molecule has 0 radical (unpaired) electrons. The lowest BCUT2D eigenvalue weighted by atomic mass is 10.1. The summed E-state index contributed by atoms with van der Waals surface area (Å²) in [4.78, 5) is 17.0. The predicted octanol–water partition coefficient (Wildman–Crippen LogP) is 3.75. The number of imidazole rings is 1. The van der Waals surface area contributed by atoms with Crippen LogP contribution >= 0.6 is 0 Å². The summed E-state index contributed by atoms with van der Waals surface area (Å²) in [7, 11) is -3.50. The minimum Gasteiger partial charge on any atom is -0.333 e. The molecule has 1 amide bonds. The highest BCUT2D eigenvalue weighted by atomic mass is 32.2. The van der Waals surface area contributed by atoms with Crippen LogP contribution < -0.4 is 5.32 Å². The van der Waals surface area contributed by atoms with E-state index >= 15 is 0 Å². The molecule has 3 aromatic rings. The normalized spacial score (nSPS) is 15.4. The van der Waals surface area contributed by atoms with E-state index in [4.69, 9.17) is 0 Å². The third-order valence-electron chi connectivity index (χ3n) is 5.43. The summed E-state index contributed by atoms with van der Waals surface area (Å²) in [5.41, 5.74) is 2.09. The van der Waals surface area contributed by atoms with Crippen LogP contribution in [0.25, 0.3) is 0 Å². The molecular formula is C23H26N4O3S. The molecule has 0 atom stereocenters. The van der Waals surface area contributed by atoms with Crippen LogP contribution in [0.5, 0.6) is 0 Å². The molecule has 162 valence electrons. The molecule has 1 aliphatic heterocycles. The van der Waals surface area contributed by atoms with Crippen molar-refractivity contribution in [1.82, 2.24) is 13.9 Å². The van der Waals surface area contributed by atoms with E-state index in [0.29, 0.717) is 30.9 Å². The van der Waals surface area contributed by atoms with Crippen LogP contribution in [0.4, 0.5) is 5.69 Å². The Bertz CT molecular complexity index is 1120. The topological polar surface area (TPSA) is 84.3 Å². The fourth-order valence-corrected chi connectivity index (χ4v) is 5.26. The predicted molar refractivity (Wildman–Crippen MR) is 119 cm³/mol. The van der Waals surface area contributed by atoms with Gasteiger partial charge in [-0.25, -0.2) is 13.4 Å². The Morgan fingerprint density at radius 3 is 2.42 bits per heavy atom. The number of rotatable bonds is 6. The maximum atomic E-state index is 12.9. The average molecular weight is 439 g/mol. The van der Waals surface area contributed by atoms with Crippen LogP contribution in [0.1, 0.15) is 41.6 Å². The molecule has 0 unspecified atom stereocenters. The van der Waals surface area contributed by atoms with Gasteiger partial charge in [-0.2, -0.15) is 4.31 Å². The van der Waals surface area contributed by atoms with Crippen LogP contribution in [-0.2, 0) is 16.6 Å². The summed E-state index contributed by atoms with van der Waals surface area (Å²) in [5, 5.41) is 2.85. The smallest absolute Gasteiger partial charge is 0.255 e. The van der Waals surface area contributed by atoms with Crippen molar-refractivity contribution in [2.24, 2.45) is 0 Å². The first-order valence-corrected chi connectivity index (χ1v) is 11.9. The highest BCUT2D eigenvalue weighted by Gasteiger charge is 2.25. The molecule has 1 fully saturated rings. The maximum Gasteiger partial charge on any atom is 0.255 e. The zero-order valence-electron chi connectivity index (χ0n) is 17.3. The summed E-state index contributed by atoms with van der Waals surface area (Å²) in [5.74, 6) is -0.240. The first-order chi connectivity index (χ1) is 15.0. The number of anilines is 1. The van der Waals surface area contributed by atoms with Gasteiger partial charge in [0.1, 0.15) is 0 Å². The van der Waals surface area contributed by atoms with Crippen molar-refractivity contribution in [2.75, 3.05) is 18.4 Å². The number of hydrogen-bond acceptors (Lipinski definition) is 4. The molecule has 4 rings (SSSR count). The lowest BCUT2D eigenvalue weighted by Crippen LogP contribution is -2.31. The van der Waals surface area contributed by atoms with Crippen molar-refractivity contribution in [3.63, 3.8) is 0 Å². The largest absolute Gasteiger partial charge is 0.333 e. The lowest BCUT2D eigenvalue weighted by molar-refractivity contribution is 0.102. The molecule has 0 aliphatic carbocycles. The maximum absolute atomic E-state index is 12.9. The minimum atomic E-state index is -3.50. The molecule has 1 saturated heterocycles. The SMILES string of the molecule is O=C(Nc1ccc(S(=O)(=O)N2CCCCCC2)cc1)c1cccc(Cn2ccnc2)c1. The second kappa shape index (κ2) is 9.45. The van der Waals surface area contributed by atoms with Crippen molar-refractivity contribution < 1.29 is 13.2 Å².